The van der Waals surface area contributed by atoms with E-state index in [4.69, 9.17) is 0 Å². The number of nitrogens with zero attached hydrogens (tertiary/aromatic N) is 2. The van der Waals surface area contributed by atoms with E-state index in [0.717, 1.165) is 22.0 Å². The quantitative estimate of drug-likeness (QED) is 0.797. The number of rotatable bonds is 7. The van der Waals surface area contributed by atoms with Gasteiger partial charge in [0.25, 0.3) is 0 Å². The van der Waals surface area contributed by atoms with E-state index in [9.17, 15) is 0 Å². The van der Waals surface area contributed by atoms with Gasteiger partial charge in [-0.25, -0.2) is 0 Å². The summed E-state index contributed by atoms with van der Waals surface area (Å²) in [7, 11) is 0. The molecule has 2 aromatic rings. The lowest BCUT2D eigenvalue weighted by Gasteiger charge is -2.14. The summed E-state index contributed by atoms with van der Waals surface area (Å²) in [5, 5.41) is 9.73. The van der Waals surface area contributed by atoms with Gasteiger partial charge in [0.05, 0.1) is 25.3 Å². The minimum absolute atomic E-state index is 0.951. The third-order valence-electron chi connectivity index (χ3n) is 3.77. The van der Waals surface area contributed by atoms with Gasteiger partial charge in [0.2, 0.25) is 0 Å². The van der Waals surface area contributed by atoms with Crippen LogP contribution in [0.15, 0.2) is 41.4 Å². The van der Waals surface area contributed by atoms with Gasteiger partial charge in [0, 0.05) is 11.3 Å². The Morgan fingerprint density at radius 1 is 1.00 bits per heavy atom. The van der Waals surface area contributed by atoms with Crippen molar-refractivity contribution in [3.05, 3.63) is 42.0 Å². The summed E-state index contributed by atoms with van der Waals surface area (Å²) in [6.07, 6.45) is 0. The molecule has 1 aromatic carbocycles. The molecule has 0 aliphatic carbocycles. The monoisotopic (exact) mass is 302 g/mol. The average molecular weight is 302 g/mol. The van der Waals surface area contributed by atoms with E-state index < -0.39 is 0 Å². The average Bonchev–Trinajstić information content (AvgIpc) is 2.53. The Hall–Kier alpha value is -1.39. The first-order valence-electron chi connectivity index (χ1n) is 7.60. The third kappa shape index (κ3) is 4.55. The Kier molecular flexibility index (Phi) is 6.21. The number of aromatic nitrogens is 2. The Labute approximate surface area is 131 Å². The minimum Gasteiger partial charge on any atom is -0.335 e. The number of hydrogen-bond donors (Lipinski definition) is 1. The summed E-state index contributed by atoms with van der Waals surface area (Å²) >= 11 is 1.79. The minimum atomic E-state index is 0.951. The fourth-order valence-corrected chi connectivity index (χ4v) is 3.17. The topological polar surface area (TPSA) is 30.2 Å². The van der Waals surface area contributed by atoms with Gasteiger partial charge in [0.1, 0.15) is 5.03 Å². The SMILES string of the molecule is CC[NH+](CC)CCSc1ccc(-c2ccccc2C)nn1. The zero-order valence-electron chi connectivity index (χ0n) is 13.1. The molecule has 0 saturated heterocycles. The van der Waals surface area contributed by atoms with Crippen LogP contribution in [0.5, 0.6) is 0 Å². The molecule has 0 aliphatic heterocycles. The van der Waals surface area contributed by atoms with Gasteiger partial charge in [-0.3, -0.25) is 0 Å². The molecular weight excluding hydrogens is 278 g/mol. The highest BCUT2D eigenvalue weighted by Gasteiger charge is 2.06. The van der Waals surface area contributed by atoms with Crippen molar-refractivity contribution < 1.29 is 4.90 Å². The highest BCUT2D eigenvalue weighted by Crippen LogP contribution is 2.22. The maximum absolute atomic E-state index is 4.37. The van der Waals surface area contributed by atoms with Crippen LogP contribution >= 0.6 is 11.8 Å². The molecule has 0 amide bonds. The maximum Gasteiger partial charge on any atom is 0.119 e. The van der Waals surface area contributed by atoms with Crippen molar-refractivity contribution >= 4 is 11.8 Å². The van der Waals surface area contributed by atoms with E-state index in [0.29, 0.717) is 0 Å². The number of thioether (sulfide) groups is 1. The van der Waals surface area contributed by atoms with E-state index in [1.807, 2.05) is 12.1 Å². The summed E-state index contributed by atoms with van der Waals surface area (Å²) in [4.78, 5) is 1.63. The van der Waals surface area contributed by atoms with Crippen LogP contribution in [0, 0.1) is 6.92 Å². The molecule has 112 valence electrons. The number of quaternary nitrogens is 1. The van der Waals surface area contributed by atoms with Crippen molar-refractivity contribution in [1.82, 2.24) is 10.2 Å². The van der Waals surface area contributed by atoms with Crippen LogP contribution in [-0.2, 0) is 0 Å². The zero-order chi connectivity index (χ0) is 15.1. The summed E-state index contributed by atoms with van der Waals surface area (Å²) in [6, 6.07) is 12.4. The van der Waals surface area contributed by atoms with Crippen LogP contribution in [0.2, 0.25) is 0 Å². The molecule has 1 heterocycles. The molecule has 0 saturated carbocycles. The van der Waals surface area contributed by atoms with Crippen LogP contribution in [0.4, 0.5) is 0 Å². The van der Waals surface area contributed by atoms with Crippen molar-refractivity contribution in [2.75, 3.05) is 25.4 Å². The third-order valence-corrected chi connectivity index (χ3v) is 4.69. The summed E-state index contributed by atoms with van der Waals surface area (Å²) in [5.74, 6) is 1.09. The first-order valence-corrected chi connectivity index (χ1v) is 8.59. The first kappa shape index (κ1) is 16.0. The molecule has 0 atom stereocenters. The van der Waals surface area contributed by atoms with Gasteiger partial charge in [0.15, 0.2) is 0 Å². The van der Waals surface area contributed by atoms with E-state index in [-0.39, 0.29) is 0 Å². The van der Waals surface area contributed by atoms with Crippen molar-refractivity contribution in [2.24, 2.45) is 0 Å². The standard InChI is InChI=1S/C17H23N3S/c1-4-20(5-2)12-13-21-17-11-10-16(18-19-17)15-9-7-6-8-14(15)3/h6-11H,4-5,12-13H2,1-3H3/p+1. The molecule has 0 unspecified atom stereocenters. The van der Waals surface area contributed by atoms with Crippen LogP contribution < -0.4 is 4.90 Å². The second-order valence-electron chi connectivity index (χ2n) is 5.13. The lowest BCUT2D eigenvalue weighted by atomic mass is 10.1. The number of benzene rings is 1. The molecule has 21 heavy (non-hydrogen) atoms. The Balaban J connectivity index is 1.95. The van der Waals surface area contributed by atoms with Crippen LogP contribution in [0.3, 0.4) is 0 Å². The Morgan fingerprint density at radius 3 is 2.38 bits per heavy atom. The van der Waals surface area contributed by atoms with Crippen molar-refractivity contribution in [3.63, 3.8) is 0 Å². The highest BCUT2D eigenvalue weighted by molar-refractivity contribution is 7.99. The molecule has 0 aliphatic rings. The van der Waals surface area contributed by atoms with Crippen LogP contribution in [-0.4, -0.2) is 35.6 Å². The van der Waals surface area contributed by atoms with Gasteiger partial charge >= 0.3 is 0 Å². The molecule has 2 rings (SSSR count). The largest absolute Gasteiger partial charge is 0.335 e. The fourth-order valence-electron chi connectivity index (χ4n) is 2.30. The molecule has 0 radical (unpaired) electrons. The molecule has 0 spiro atoms. The molecule has 0 bridgehead atoms. The van der Waals surface area contributed by atoms with Gasteiger partial charge in [-0.05, 0) is 38.5 Å². The normalized spacial score (nSPS) is 11.0. The van der Waals surface area contributed by atoms with E-state index in [1.54, 1.807) is 16.7 Å². The number of aryl methyl sites for hydroxylation is 1. The molecular formula is C17H24N3S+. The molecule has 0 fully saturated rings. The first-order chi connectivity index (χ1) is 10.2. The Morgan fingerprint density at radius 2 is 1.76 bits per heavy atom. The predicted octanol–water partition coefficient (Wildman–Crippen LogP) is 2.47. The summed E-state index contributed by atoms with van der Waals surface area (Å²) < 4.78 is 0. The molecule has 1 N–H and O–H groups in total. The predicted molar refractivity (Wildman–Crippen MR) is 89.8 cm³/mol. The van der Waals surface area contributed by atoms with E-state index >= 15 is 0 Å². The van der Waals surface area contributed by atoms with Crippen LogP contribution in [0.1, 0.15) is 19.4 Å². The van der Waals surface area contributed by atoms with Crippen molar-refractivity contribution in [2.45, 2.75) is 25.8 Å². The van der Waals surface area contributed by atoms with Crippen molar-refractivity contribution in [3.8, 4) is 11.3 Å². The van der Waals surface area contributed by atoms with E-state index in [1.165, 1.54) is 25.2 Å². The van der Waals surface area contributed by atoms with Gasteiger partial charge in [-0.2, -0.15) is 0 Å². The van der Waals surface area contributed by atoms with Gasteiger partial charge in [-0.1, -0.05) is 36.0 Å². The fraction of sp³-hybridized carbons (Fsp3) is 0.412. The Bertz CT molecular complexity index is 550. The molecule has 3 nitrogen and oxygen atoms in total. The molecule has 1 aromatic heterocycles. The second-order valence-corrected chi connectivity index (χ2v) is 6.24. The smallest absolute Gasteiger partial charge is 0.119 e. The zero-order valence-corrected chi connectivity index (χ0v) is 13.9. The van der Waals surface area contributed by atoms with E-state index in [2.05, 4.69) is 55.2 Å². The lowest BCUT2D eigenvalue weighted by Crippen LogP contribution is -3.11. The van der Waals surface area contributed by atoms with Gasteiger partial charge in [-0.15, -0.1) is 10.2 Å². The summed E-state index contributed by atoms with van der Waals surface area (Å²) in [6.45, 7) is 10.1. The maximum atomic E-state index is 4.37. The summed E-state index contributed by atoms with van der Waals surface area (Å²) in [5.41, 5.74) is 3.35. The second kappa shape index (κ2) is 8.15. The lowest BCUT2D eigenvalue weighted by molar-refractivity contribution is -0.893. The van der Waals surface area contributed by atoms with Gasteiger partial charge < -0.3 is 4.90 Å². The van der Waals surface area contributed by atoms with Crippen LogP contribution in [0.25, 0.3) is 11.3 Å². The number of hydrogen-bond acceptors (Lipinski definition) is 3. The molecule has 4 heteroatoms. The highest BCUT2D eigenvalue weighted by atomic mass is 32.2. The number of nitrogens with one attached hydrogen (secondary N) is 1. The van der Waals surface area contributed by atoms with Crippen molar-refractivity contribution in [1.29, 1.82) is 0 Å².